The lowest BCUT2D eigenvalue weighted by atomic mass is 9.80. The Hall–Kier alpha value is -1.59. The van der Waals surface area contributed by atoms with Gasteiger partial charge < -0.3 is 10.0 Å². The van der Waals surface area contributed by atoms with Crippen LogP contribution < -0.4 is 5.46 Å². The van der Waals surface area contributed by atoms with E-state index in [-0.39, 0.29) is 0 Å². The van der Waals surface area contributed by atoms with Crippen molar-refractivity contribution in [3.63, 3.8) is 0 Å². The molecule has 5 heteroatoms. The minimum atomic E-state index is -1.45. The first-order valence-electron chi connectivity index (χ1n) is 5.64. The number of aromatic nitrogens is 2. The van der Waals surface area contributed by atoms with Gasteiger partial charge in [-0.05, 0) is 37.0 Å². The summed E-state index contributed by atoms with van der Waals surface area (Å²) in [5.74, 6) is 0. The van der Waals surface area contributed by atoms with Crippen molar-refractivity contribution in [1.29, 1.82) is 0 Å². The van der Waals surface area contributed by atoms with Crippen molar-refractivity contribution < 1.29 is 10.0 Å². The minimum Gasteiger partial charge on any atom is -0.423 e. The van der Waals surface area contributed by atoms with Crippen molar-refractivity contribution in [2.24, 2.45) is 0 Å². The standard InChI is InChI=1S/C12H15BN2O2/c1-3-11-7-9(2)14-15(11)12-6-4-5-10(8-12)13(16)17/h4-8,16-17H,3H2,1-2H3. The molecule has 4 nitrogen and oxygen atoms in total. The molecule has 17 heavy (non-hydrogen) atoms. The van der Waals surface area contributed by atoms with Gasteiger partial charge in [0.25, 0.3) is 0 Å². The lowest BCUT2D eigenvalue weighted by Crippen LogP contribution is -2.30. The van der Waals surface area contributed by atoms with Crippen molar-refractivity contribution >= 4 is 12.6 Å². The van der Waals surface area contributed by atoms with Gasteiger partial charge in [-0.15, -0.1) is 0 Å². The van der Waals surface area contributed by atoms with Gasteiger partial charge in [-0.2, -0.15) is 5.10 Å². The molecule has 0 aliphatic carbocycles. The molecule has 0 atom stereocenters. The number of hydrogen-bond donors (Lipinski definition) is 2. The predicted molar refractivity (Wildman–Crippen MR) is 67.5 cm³/mol. The summed E-state index contributed by atoms with van der Waals surface area (Å²) < 4.78 is 1.83. The van der Waals surface area contributed by atoms with Crippen LogP contribution in [0.5, 0.6) is 0 Å². The van der Waals surface area contributed by atoms with Gasteiger partial charge >= 0.3 is 7.12 Å². The lowest BCUT2D eigenvalue weighted by molar-refractivity contribution is 0.425. The Labute approximate surface area is 101 Å². The summed E-state index contributed by atoms with van der Waals surface area (Å²) in [5, 5.41) is 22.7. The molecule has 0 aliphatic heterocycles. The summed E-state index contributed by atoms with van der Waals surface area (Å²) >= 11 is 0. The Morgan fingerprint density at radius 2 is 2.06 bits per heavy atom. The summed E-state index contributed by atoms with van der Waals surface area (Å²) in [6.07, 6.45) is 0.882. The molecule has 0 aliphatic rings. The van der Waals surface area contributed by atoms with Gasteiger partial charge in [0.1, 0.15) is 0 Å². The number of aryl methyl sites for hydroxylation is 2. The van der Waals surface area contributed by atoms with Gasteiger partial charge in [0.05, 0.1) is 11.4 Å². The molecule has 0 radical (unpaired) electrons. The van der Waals surface area contributed by atoms with Crippen LogP contribution in [0.2, 0.25) is 0 Å². The van der Waals surface area contributed by atoms with Gasteiger partial charge in [-0.1, -0.05) is 19.1 Å². The molecule has 0 spiro atoms. The molecule has 0 bridgehead atoms. The normalized spacial score (nSPS) is 10.6. The van der Waals surface area contributed by atoms with Crippen LogP contribution in [-0.2, 0) is 6.42 Å². The highest BCUT2D eigenvalue weighted by atomic mass is 16.4. The second-order valence-electron chi connectivity index (χ2n) is 4.01. The van der Waals surface area contributed by atoms with Crippen LogP contribution in [0.1, 0.15) is 18.3 Å². The van der Waals surface area contributed by atoms with Crippen LogP contribution in [0.25, 0.3) is 5.69 Å². The maximum atomic E-state index is 9.15. The van der Waals surface area contributed by atoms with Gasteiger partial charge in [0.15, 0.2) is 0 Å². The fourth-order valence-electron chi connectivity index (χ4n) is 1.85. The van der Waals surface area contributed by atoms with Crippen LogP contribution in [0.4, 0.5) is 0 Å². The molecular formula is C12H15BN2O2. The molecule has 1 aromatic heterocycles. The van der Waals surface area contributed by atoms with Gasteiger partial charge in [-0.3, -0.25) is 0 Å². The first-order chi connectivity index (χ1) is 8.11. The SMILES string of the molecule is CCc1cc(C)nn1-c1cccc(B(O)O)c1. The summed E-state index contributed by atoms with van der Waals surface area (Å²) in [6.45, 7) is 4.01. The van der Waals surface area contributed by atoms with Crippen LogP contribution in [0.15, 0.2) is 30.3 Å². The van der Waals surface area contributed by atoms with Crippen LogP contribution >= 0.6 is 0 Å². The summed E-state index contributed by atoms with van der Waals surface area (Å²) in [4.78, 5) is 0. The summed E-state index contributed by atoms with van der Waals surface area (Å²) in [7, 11) is -1.45. The molecule has 0 unspecified atom stereocenters. The Kier molecular flexibility index (Phi) is 3.31. The second-order valence-corrected chi connectivity index (χ2v) is 4.01. The van der Waals surface area contributed by atoms with E-state index in [1.807, 2.05) is 23.7 Å². The topological polar surface area (TPSA) is 58.3 Å². The molecule has 1 heterocycles. The van der Waals surface area contributed by atoms with Gasteiger partial charge in [0.2, 0.25) is 0 Å². The molecule has 2 rings (SSSR count). The maximum Gasteiger partial charge on any atom is 0.488 e. The molecule has 1 aromatic carbocycles. The highest BCUT2D eigenvalue weighted by Crippen LogP contribution is 2.12. The zero-order valence-electron chi connectivity index (χ0n) is 9.96. The fourth-order valence-corrected chi connectivity index (χ4v) is 1.85. The van der Waals surface area contributed by atoms with E-state index in [0.29, 0.717) is 5.46 Å². The van der Waals surface area contributed by atoms with E-state index in [1.54, 1.807) is 18.2 Å². The summed E-state index contributed by atoms with van der Waals surface area (Å²) in [6, 6.07) is 9.13. The van der Waals surface area contributed by atoms with Gasteiger partial charge in [0, 0.05) is 5.69 Å². The predicted octanol–water partition coefficient (Wildman–Crippen LogP) is 0.423. The molecule has 2 aromatic rings. The fraction of sp³-hybridized carbons (Fsp3) is 0.250. The molecule has 88 valence electrons. The Morgan fingerprint density at radius 1 is 1.29 bits per heavy atom. The lowest BCUT2D eigenvalue weighted by Gasteiger charge is -2.07. The second kappa shape index (κ2) is 4.73. The molecular weight excluding hydrogens is 215 g/mol. The Balaban J connectivity index is 2.48. The maximum absolute atomic E-state index is 9.15. The molecule has 0 amide bonds. The third kappa shape index (κ3) is 2.40. The third-order valence-electron chi connectivity index (χ3n) is 2.68. The number of rotatable bonds is 3. The zero-order chi connectivity index (χ0) is 12.4. The Morgan fingerprint density at radius 3 is 2.71 bits per heavy atom. The number of benzene rings is 1. The van der Waals surface area contributed by atoms with Crippen LogP contribution in [0.3, 0.4) is 0 Å². The van der Waals surface area contributed by atoms with E-state index in [4.69, 9.17) is 10.0 Å². The van der Waals surface area contributed by atoms with E-state index in [9.17, 15) is 0 Å². The van der Waals surface area contributed by atoms with Crippen molar-refractivity contribution in [3.05, 3.63) is 41.7 Å². The van der Waals surface area contributed by atoms with E-state index in [2.05, 4.69) is 12.0 Å². The monoisotopic (exact) mass is 230 g/mol. The minimum absolute atomic E-state index is 0.470. The molecule has 2 N–H and O–H groups in total. The van der Waals surface area contributed by atoms with E-state index < -0.39 is 7.12 Å². The zero-order valence-corrected chi connectivity index (χ0v) is 9.96. The average Bonchev–Trinajstić information content (AvgIpc) is 2.70. The van der Waals surface area contributed by atoms with Crippen molar-refractivity contribution in [3.8, 4) is 5.69 Å². The van der Waals surface area contributed by atoms with Crippen molar-refractivity contribution in [1.82, 2.24) is 9.78 Å². The van der Waals surface area contributed by atoms with E-state index in [0.717, 1.165) is 23.5 Å². The van der Waals surface area contributed by atoms with Crippen molar-refractivity contribution in [2.75, 3.05) is 0 Å². The van der Waals surface area contributed by atoms with Crippen molar-refractivity contribution in [2.45, 2.75) is 20.3 Å². The first-order valence-corrected chi connectivity index (χ1v) is 5.64. The molecule has 0 fully saturated rings. The van der Waals surface area contributed by atoms with Crippen LogP contribution in [-0.4, -0.2) is 26.9 Å². The Bertz CT molecular complexity index is 523. The number of nitrogens with zero attached hydrogens (tertiary/aromatic N) is 2. The van der Waals surface area contributed by atoms with Gasteiger partial charge in [-0.25, -0.2) is 4.68 Å². The average molecular weight is 230 g/mol. The summed E-state index contributed by atoms with van der Waals surface area (Å²) in [5.41, 5.74) is 3.38. The van der Waals surface area contributed by atoms with Crippen LogP contribution in [0, 0.1) is 6.92 Å². The first kappa shape index (κ1) is 11.9. The molecule has 0 saturated carbocycles. The largest absolute Gasteiger partial charge is 0.488 e. The van der Waals surface area contributed by atoms with E-state index in [1.165, 1.54) is 0 Å². The number of hydrogen-bond acceptors (Lipinski definition) is 3. The highest BCUT2D eigenvalue weighted by molar-refractivity contribution is 6.58. The highest BCUT2D eigenvalue weighted by Gasteiger charge is 2.12. The smallest absolute Gasteiger partial charge is 0.423 e. The quantitative estimate of drug-likeness (QED) is 0.751. The van der Waals surface area contributed by atoms with E-state index >= 15 is 0 Å². The third-order valence-corrected chi connectivity index (χ3v) is 2.68. The molecule has 0 saturated heterocycles.